The highest BCUT2D eigenvalue weighted by molar-refractivity contribution is 7.13. The summed E-state index contributed by atoms with van der Waals surface area (Å²) >= 11 is 1.55. The first-order valence-electron chi connectivity index (χ1n) is 8.54. The normalized spacial score (nSPS) is 10.6. The Hall–Kier alpha value is -3.31. The van der Waals surface area contributed by atoms with E-state index in [1.54, 1.807) is 17.5 Å². The number of aryl methyl sites for hydroxylation is 1. The summed E-state index contributed by atoms with van der Waals surface area (Å²) in [6.07, 6.45) is 1.76. The number of thiazole rings is 1. The summed E-state index contributed by atoms with van der Waals surface area (Å²) in [5.41, 5.74) is 5.12. The van der Waals surface area contributed by atoms with Crippen LogP contribution in [0.1, 0.15) is 15.9 Å². The molecule has 132 valence electrons. The molecule has 0 aliphatic rings. The first kappa shape index (κ1) is 17.1. The third-order valence-electron chi connectivity index (χ3n) is 4.08. The minimum Gasteiger partial charge on any atom is -0.322 e. The zero-order valence-electron chi connectivity index (χ0n) is 14.7. The Morgan fingerprint density at radius 2 is 1.85 bits per heavy atom. The summed E-state index contributed by atoms with van der Waals surface area (Å²) in [7, 11) is 0. The van der Waals surface area contributed by atoms with Crippen LogP contribution in [0.2, 0.25) is 0 Å². The van der Waals surface area contributed by atoms with Crippen molar-refractivity contribution in [2.45, 2.75) is 6.92 Å². The summed E-state index contributed by atoms with van der Waals surface area (Å²) in [6, 6.07) is 21.0. The second-order valence-corrected chi connectivity index (χ2v) is 7.02. The Morgan fingerprint density at radius 3 is 2.67 bits per heavy atom. The Labute approximate surface area is 161 Å². The summed E-state index contributed by atoms with van der Waals surface area (Å²) in [6.45, 7) is 1.97. The summed E-state index contributed by atoms with van der Waals surface area (Å²) < 4.78 is 0. The predicted molar refractivity (Wildman–Crippen MR) is 110 cm³/mol. The molecule has 2 aromatic carbocycles. The van der Waals surface area contributed by atoms with Gasteiger partial charge in [-0.1, -0.05) is 35.9 Å². The molecule has 0 saturated heterocycles. The molecule has 0 aliphatic carbocycles. The van der Waals surface area contributed by atoms with Crippen molar-refractivity contribution in [1.82, 2.24) is 9.97 Å². The van der Waals surface area contributed by atoms with Crippen LogP contribution in [-0.4, -0.2) is 15.9 Å². The molecule has 1 amide bonds. The van der Waals surface area contributed by atoms with E-state index in [0.717, 1.165) is 33.2 Å². The molecule has 0 unspecified atom stereocenters. The van der Waals surface area contributed by atoms with Crippen molar-refractivity contribution in [2.24, 2.45) is 0 Å². The van der Waals surface area contributed by atoms with E-state index in [2.05, 4.69) is 15.3 Å². The number of hydrogen-bond donors (Lipinski definition) is 1. The molecule has 27 heavy (non-hydrogen) atoms. The van der Waals surface area contributed by atoms with Gasteiger partial charge in [-0.2, -0.15) is 0 Å². The van der Waals surface area contributed by atoms with Gasteiger partial charge in [0.25, 0.3) is 5.91 Å². The van der Waals surface area contributed by atoms with Gasteiger partial charge in [0.1, 0.15) is 5.01 Å². The lowest BCUT2D eigenvalue weighted by atomic mass is 10.1. The average Bonchev–Trinajstić information content (AvgIpc) is 3.19. The van der Waals surface area contributed by atoms with Gasteiger partial charge in [-0.05, 0) is 43.3 Å². The van der Waals surface area contributed by atoms with Crippen LogP contribution in [0.5, 0.6) is 0 Å². The van der Waals surface area contributed by atoms with Gasteiger partial charge in [0.15, 0.2) is 0 Å². The van der Waals surface area contributed by atoms with E-state index in [9.17, 15) is 4.79 Å². The molecule has 4 aromatic rings. The number of amides is 1. The van der Waals surface area contributed by atoms with Crippen LogP contribution in [0, 0.1) is 6.92 Å². The van der Waals surface area contributed by atoms with Crippen molar-refractivity contribution in [3.8, 4) is 22.0 Å². The Bertz CT molecular complexity index is 1090. The molecule has 1 N–H and O–H groups in total. The van der Waals surface area contributed by atoms with Crippen molar-refractivity contribution >= 4 is 22.9 Å². The van der Waals surface area contributed by atoms with E-state index in [-0.39, 0.29) is 5.91 Å². The van der Waals surface area contributed by atoms with Crippen LogP contribution in [0.4, 0.5) is 5.69 Å². The fourth-order valence-electron chi connectivity index (χ4n) is 2.76. The fraction of sp³-hybridized carbons (Fsp3) is 0.0455. The first-order valence-corrected chi connectivity index (χ1v) is 9.42. The van der Waals surface area contributed by atoms with Gasteiger partial charge >= 0.3 is 0 Å². The molecular formula is C22H17N3OS. The number of nitrogens with zero attached hydrogens (tertiary/aromatic N) is 2. The van der Waals surface area contributed by atoms with Gasteiger partial charge in [0.2, 0.25) is 0 Å². The molecule has 0 fully saturated rings. The highest BCUT2D eigenvalue weighted by atomic mass is 32.1. The van der Waals surface area contributed by atoms with Gasteiger partial charge in [-0.15, -0.1) is 11.3 Å². The maximum absolute atomic E-state index is 12.5. The van der Waals surface area contributed by atoms with E-state index in [1.807, 2.05) is 79.0 Å². The standard InChI is InChI=1S/C22H17N3OS/c1-15-6-4-8-17(12-15)21(26)24-18-9-5-7-16(13-18)20-14-27-22(25-20)19-10-2-3-11-23-19/h2-14H,1H3,(H,24,26). The molecule has 0 radical (unpaired) electrons. The van der Waals surface area contributed by atoms with Crippen LogP contribution < -0.4 is 5.32 Å². The molecule has 2 heterocycles. The quantitative estimate of drug-likeness (QED) is 0.520. The molecule has 0 spiro atoms. The van der Waals surface area contributed by atoms with E-state index < -0.39 is 0 Å². The van der Waals surface area contributed by atoms with Gasteiger partial charge in [-0.25, -0.2) is 4.98 Å². The minimum absolute atomic E-state index is 0.122. The van der Waals surface area contributed by atoms with E-state index in [1.165, 1.54) is 0 Å². The Kier molecular flexibility index (Phi) is 4.77. The Morgan fingerprint density at radius 1 is 0.963 bits per heavy atom. The average molecular weight is 371 g/mol. The highest BCUT2D eigenvalue weighted by Crippen LogP contribution is 2.29. The number of hydrogen-bond acceptors (Lipinski definition) is 4. The number of benzene rings is 2. The first-order chi connectivity index (χ1) is 13.2. The maximum atomic E-state index is 12.5. The van der Waals surface area contributed by atoms with Crippen LogP contribution in [0.3, 0.4) is 0 Å². The second kappa shape index (κ2) is 7.51. The van der Waals surface area contributed by atoms with E-state index in [0.29, 0.717) is 5.56 Å². The van der Waals surface area contributed by atoms with Crippen LogP contribution >= 0.6 is 11.3 Å². The number of pyridine rings is 1. The molecular weight excluding hydrogens is 354 g/mol. The van der Waals surface area contributed by atoms with E-state index >= 15 is 0 Å². The Balaban J connectivity index is 1.56. The molecule has 0 atom stereocenters. The fourth-order valence-corrected chi connectivity index (χ4v) is 3.56. The van der Waals surface area contributed by atoms with Crippen molar-refractivity contribution in [2.75, 3.05) is 5.32 Å². The van der Waals surface area contributed by atoms with Gasteiger partial charge in [0, 0.05) is 28.4 Å². The van der Waals surface area contributed by atoms with Crippen LogP contribution in [0.15, 0.2) is 78.3 Å². The minimum atomic E-state index is -0.122. The number of aromatic nitrogens is 2. The third kappa shape index (κ3) is 3.93. The van der Waals surface area contributed by atoms with Gasteiger partial charge in [0.05, 0.1) is 11.4 Å². The van der Waals surface area contributed by atoms with Crippen LogP contribution in [0.25, 0.3) is 22.0 Å². The third-order valence-corrected chi connectivity index (χ3v) is 4.95. The highest BCUT2D eigenvalue weighted by Gasteiger charge is 2.10. The lowest BCUT2D eigenvalue weighted by molar-refractivity contribution is 0.102. The smallest absolute Gasteiger partial charge is 0.255 e. The number of rotatable bonds is 4. The SMILES string of the molecule is Cc1cccc(C(=O)Nc2cccc(-c3csc(-c4ccccn4)n3)c2)c1. The second-order valence-electron chi connectivity index (χ2n) is 6.16. The molecule has 0 saturated carbocycles. The zero-order chi connectivity index (χ0) is 18.6. The summed E-state index contributed by atoms with van der Waals surface area (Å²) in [4.78, 5) is 21.5. The molecule has 5 heteroatoms. The number of nitrogens with one attached hydrogen (secondary N) is 1. The lowest BCUT2D eigenvalue weighted by Gasteiger charge is -2.07. The predicted octanol–water partition coefficient (Wildman–Crippen LogP) is 5.43. The monoisotopic (exact) mass is 371 g/mol. The molecule has 0 aliphatic heterocycles. The topological polar surface area (TPSA) is 54.9 Å². The molecule has 0 bridgehead atoms. The van der Waals surface area contributed by atoms with Crippen molar-refractivity contribution in [3.63, 3.8) is 0 Å². The van der Waals surface area contributed by atoms with Gasteiger partial charge < -0.3 is 5.32 Å². The maximum Gasteiger partial charge on any atom is 0.255 e. The van der Waals surface area contributed by atoms with Gasteiger partial charge in [-0.3, -0.25) is 9.78 Å². The number of carbonyl (C=O) groups is 1. The largest absolute Gasteiger partial charge is 0.322 e. The number of carbonyl (C=O) groups excluding carboxylic acids is 1. The summed E-state index contributed by atoms with van der Waals surface area (Å²) in [5, 5.41) is 5.84. The van der Waals surface area contributed by atoms with Crippen molar-refractivity contribution in [3.05, 3.63) is 89.4 Å². The molecule has 2 aromatic heterocycles. The van der Waals surface area contributed by atoms with E-state index in [4.69, 9.17) is 0 Å². The lowest BCUT2D eigenvalue weighted by Crippen LogP contribution is -2.11. The van der Waals surface area contributed by atoms with Crippen molar-refractivity contribution in [1.29, 1.82) is 0 Å². The zero-order valence-corrected chi connectivity index (χ0v) is 15.5. The summed E-state index contributed by atoms with van der Waals surface area (Å²) in [5.74, 6) is -0.122. The van der Waals surface area contributed by atoms with Crippen LogP contribution in [-0.2, 0) is 0 Å². The van der Waals surface area contributed by atoms with Crippen molar-refractivity contribution < 1.29 is 4.79 Å². The number of anilines is 1. The molecule has 4 rings (SSSR count). The molecule has 4 nitrogen and oxygen atoms in total.